The van der Waals surface area contributed by atoms with E-state index in [0.29, 0.717) is 35.2 Å². The van der Waals surface area contributed by atoms with Gasteiger partial charge in [-0.05, 0) is 86.1 Å². The number of ether oxygens (including phenoxy) is 3. The minimum absolute atomic E-state index is 0.0420. The van der Waals surface area contributed by atoms with Crippen LogP contribution in [0, 0.1) is 0 Å². The number of carbonyl (C=O) groups excluding carboxylic acids is 3. The van der Waals surface area contributed by atoms with Gasteiger partial charge in [0.2, 0.25) is 5.91 Å². The second-order valence-electron chi connectivity index (χ2n) is 18.3. The van der Waals surface area contributed by atoms with E-state index in [1.54, 1.807) is 37.6 Å². The van der Waals surface area contributed by atoms with Gasteiger partial charge in [-0.15, -0.1) is 13.2 Å². The van der Waals surface area contributed by atoms with Crippen LogP contribution in [0.25, 0.3) is 22.2 Å². The summed E-state index contributed by atoms with van der Waals surface area (Å²) in [6, 6.07) is 23.1. The number of aromatic nitrogens is 2. The number of hydrogen-bond acceptors (Lipinski definition) is 9. The number of carbonyl (C=O) groups is 3. The van der Waals surface area contributed by atoms with Crippen molar-refractivity contribution in [1.82, 2.24) is 34.9 Å². The van der Waals surface area contributed by atoms with Gasteiger partial charge in [-0.1, -0.05) is 77.8 Å². The predicted molar refractivity (Wildman–Crippen MR) is 249 cm³/mol. The number of piperidine rings is 1. The second kappa shape index (κ2) is 20.0. The highest BCUT2D eigenvalue weighted by Crippen LogP contribution is 2.44. The number of piperazine rings is 1. The highest BCUT2D eigenvalue weighted by Gasteiger charge is 2.45. The fraction of sp³-hybridized carbons (Fsp3) is 0.429. The Labute approximate surface area is 397 Å². The second-order valence-corrected chi connectivity index (χ2v) is 19.1. The Kier molecular flexibility index (Phi) is 14.3. The lowest BCUT2D eigenvalue weighted by molar-refractivity contribution is -0.274. The van der Waals surface area contributed by atoms with Crippen LogP contribution in [0.4, 0.5) is 22.8 Å². The molecule has 0 spiro atoms. The van der Waals surface area contributed by atoms with Crippen molar-refractivity contribution in [1.29, 1.82) is 0 Å². The van der Waals surface area contributed by atoms with Crippen LogP contribution in [0.5, 0.6) is 5.75 Å². The summed E-state index contributed by atoms with van der Waals surface area (Å²) in [7, 11) is 0. The molecule has 356 valence electrons. The standard InChI is InChI=1S/C49H54Cl2F3N7O6/c1-47(2,3)67-46(64)60-20-16-48(17-21-60,57-45(63)65-31-39-35-12-6-4-10-33(35)34-11-5-7-13-36(34)39)44(62)55-18-9-19-61-30-42(66-49(52,53)54)37-26-32(27-56-43(37)61)28-58-22-24-59(25-23-58)29-38-40(50)14-8-15-41(38)51/h4-8,10-15,26-27,30,39H,9,16-25,28-29,31H2,1-3H3,(H,55,62)(H,57,63). The number of alkyl carbamates (subject to hydrolysis) is 1. The average Bonchev–Trinajstić information content (AvgIpc) is 3.78. The van der Waals surface area contributed by atoms with E-state index in [9.17, 15) is 27.6 Å². The van der Waals surface area contributed by atoms with Gasteiger partial charge in [0.25, 0.3) is 0 Å². The first-order valence-corrected chi connectivity index (χ1v) is 23.2. The number of benzene rings is 3. The van der Waals surface area contributed by atoms with Gasteiger partial charge in [0.1, 0.15) is 23.4 Å². The zero-order valence-corrected chi connectivity index (χ0v) is 39.1. The van der Waals surface area contributed by atoms with Gasteiger partial charge in [-0.25, -0.2) is 14.6 Å². The molecule has 18 heteroatoms. The maximum absolute atomic E-state index is 14.2. The molecule has 2 saturated heterocycles. The molecule has 3 aliphatic rings. The third-order valence-electron chi connectivity index (χ3n) is 12.5. The summed E-state index contributed by atoms with van der Waals surface area (Å²) in [5.74, 6) is -1.04. The van der Waals surface area contributed by atoms with Gasteiger partial charge in [0, 0.05) is 99.4 Å². The maximum Gasteiger partial charge on any atom is 0.573 e. The molecule has 5 aromatic rings. The number of rotatable bonds is 13. The molecule has 0 bridgehead atoms. The quantitative estimate of drug-likeness (QED) is 0.111. The highest BCUT2D eigenvalue weighted by molar-refractivity contribution is 6.36. The molecule has 3 aromatic carbocycles. The first-order chi connectivity index (χ1) is 31.9. The summed E-state index contributed by atoms with van der Waals surface area (Å²) < 4.78 is 58.5. The Hall–Kier alpha value is -5.55. The molecule has 0 unspecified atom stereocenters. The summed E-state index contributed by atoms with van der Waals surface area (Å²) in [5, 5.41) is 7.25. The number of nitrogens with zero attached hydrogens (tertiary/aromatic N) is 5. The average molecular weight is 965 g/mol. The Morgan fingerprint density at radius 2 is 1.45 bits per heavy atom. The van der Waals surface area contributed by atoms with Crippen molar-refractivity contribution < 1.29 is 41.8 Å². The molecular formula is C49H54Cl2F3N7O6. The van der Waals surface area contributed by atoms with Gasteiger partial charge in [-0.3, -0.25) is 14.6 Å². The summed E-state index contributed by atoms with van der Waals surface area (Å²) >= 11 is 12.8. The lowest BCUT2D eigenvalue weighted by Crippen LogP contribution is -2.64. The lowest BCUT2D eigenvalue weighted by Gasteiger charge is -2.41. The van der Waals surface area contributed by atoms with Gasteiger partial charge in [0.05, 0.1) is 5.39 Å². The monoisotopic (exact) mass is 963 g/mol. The third-order valence-corrected chi connectivity index (χ3v) is 13.2. The molecule has 2 aromatic heterocycles. The van der Waals surface area contributed by atoms with Gasteiger partial charge < -0.3 is 34.3 Å². The van der Waals surface area contributed by atoms with Crippen LogP contribution in [-0.4, -0.2) is 112 Å². The SMILES string of the molecule is CC(C)(C)OC(=O)N1CCC(NC(=O)OCC2c3ccccc3-c3ccccc32)(C(=O)NCCCn2cc(OC(F)(F)F)c3cc(CN4CCN(Cc5c(Cl)cccc5Cl)CC4)cnc32)CC1. The molecule has 2 fully saturated rings. The number of amides is 3. The van der Waals surface area contributed by atoms with Gasteiger partial charge in [-0.2, -0.15) is 0 Å². The zero-order valence-electron chi connectivity index (χ0n) is 37.6. The molecule has 2 N–H and O–H groups in total. The zero-order chi connectivity index (χ0) is 47.5. The van der Waals surface area contributed by atoms with Gasteiger partial charge >= 0.3 is 18.5 Å². The number of aryl methyl sites for hydroxylation is 1. The predicted octanol–water partition coefficient (Wildman–Crippen LogP) is 9.37. The van der Waals surface area contributed by atoms with E-state index in [4.69, 9.17) is 32.7 Å². The number of nitrogens with one attached hydrogen (secondary N) is 2. The fourth-order valence-corrected chi connectivity index (χ4v) is 9.69. The Bertz CT molecular complexity index is 2540. The number of halogens is 5. The number of pyridine rings is 1. The number of hydrogen-bond donors (Lipinski definition) is 2. The molecule has 2 aliphatic heterocycles. The third kappa shape index (κ3) is 11.4. The minimum Gasteiger partial charge on any atom is -0.449 e. The first kappa shape index (κ1) is 47.9. The van der Waals surface area contributed by atoms with Crippen molar-refractivity contribution in [3.63, 3.8) is 0 Å². The maximum atomic E-state index is 14.2. The van der Waals surface area contributed by atoms with Crippen LogP contribution in [0.15, 0.2) is 85.2 Å². The first-order valence-electron chi connectivity index (χ1n) is 22.5. The molecule has 1 aliphatic carbocycles. The smallest absolute Gasteiger partial charge is 0.449 e. The van der Waals surface area contributed by atoms with E-state index in [1.165, 1.54) is 11.1 Å². The lowest BCUT2D eigenvalue weighted by atomic mass is 9.86. The van der Waals surface area contributed by atoms with Crippen LogP contribution < -0.4 is 15.4 Å². The molecule has 0 radical (unpaired) electrons. The Balaban J connectivity index is 0.905. The van der Waals surface area contributed by atoms with E-state index < -0.39 is 35.6 Å². The minimum atomic E-state index is -4.93. The van der Waals surface area contributed by atoms with E-state index in [-0.39, 0.29) is 62.7 Å². The van der Waals surface area contributed by atoms with Crippen LogP contribution in [0.3, 0.4) is 0 Å². The van der Waals surface area contributed by atoms with Crippen LogP contribution >= 0.6 is 23.2 Å². The summed E-state index contributed by atoms with van der Waals surface area (Å²) in [6.07, 6.45) is -2.81. The van der Waals surface area contributed by atoms with Gasteiger partial charge in [0.15, 0.2) is 5.75 Å². The number of alkyl halides is 3. The summed E-state index contributed by atoms with van der Waals surface area (Å²) in [4.78, 5) is 51.4. The summed E-state index contributed by atoms with van der Waals surface area (Å²) in [5.41, 5.74) is 4.00. The number of likely N-dealkylation sites (tertiary alicyclic amines) is 1. The highest BCUT2D eigenvalue weighted by atomic mass is 35.5. The fourth-order valence-electron chi connectivity index (χ4n) is 9.17. The number of fused-ring (bicyclic) bond motifs is 4. The van der Waals surface area contributed by atoms with Crippen LogP contribution in [0.2, 0.25) is 10.0 Å². The van der Waals surface area contributed by atoms with Crippen molar-refractivity contribution >= 4 is 52.3 Å². The Morgan fingerprint density at radius 3 is 2.06 bits per heavy atom. The molecule has 0 atom stereocenters. The molecule has 8 rings (SSSR count). The van der Waals surface area contributed by atoms with E-state index in [1.807, 2.05) is 66.7 Å². The van der Waals surface area contributed by atoms with Crippen molar-refractivity contribution in [3.8, 4) is 16.9 Å². The Morgan fingerprint density at radius 1 is 0.836 bits per heavy atom. The van der Waals surface area contributed by atoms with Crippen molar-refractivity contribution in [2.75, 3.05) is 52.4 Å². The molecule has 3 amide bonds. The van der Waals surface area contributed by atoms with Crippen LogP contribution in [-0.2, 0) is 33.9 Å². The van der Waals surface area contributed by atoms with E-state index >= 15 is 0 Å². The van der Waals surface area contributed by atoms with E-state index in [0.717, 1.165) is 59.6 Å². The van der Waals surface area contributed by atoms with Crippen molar-refractivity contribution in [2.24, 2.45) is 0 Å². The van der Waals surface area contributed by atoms with Crippen molar-refractivity contribution in [3.05, 3.63) is 117 Å². The normalized spacial score (nSPS) is 16.6. The molecule has 67 heavy (non-hydrogen) atoms. The summed E-state index contributed by atoms with van der Waals surface area (Å²) in [6.45, 7) is 9.97. The largest absolute Gasteiger partial charge is 0.573 e. The molecular weight excluding hydrogens is 910 g/mol. The molecule has 0 saturated carbocycles. The van der Waals surface area contributed by atoms with Crippen molar-refractivity contribution in [2.45, 2.75) is 83.1 Å². The molecule has 4 heterocycles. The topological polar surface area (TPSA) is 130 Å². The van der Waals surface area contributed by atoms with Crippen LogP contribution in [0.1, 0.15) is 68.2 Å². The molecule has 13 nitrogen and oxygen atoms in total. The van der Waals surface area contributed by atoms with E-state index in [2.05, 4.69) is 30.2 Å².